The summed E-state index contributed by atoms with van der Waals surface area (Å²) in [5.74, 6) is 0. The predicted molar refractivity (Wildman–Crippen MR) is 99.9 cm³/mol. The molecule has 3 heteroatoms. The fraction of sp³-hybridized carbons (Fsp3) is 0.476. The minimum absolute atomic E-state index is 0.233. The van der Waals surface area contributed by atoms with Crippen LogP contribution in [0.4, 0.5) is 0 Å². The molecule has 0 bridgehead atoms. The molecule has 2 aromatic rings. The van der Waals surface area contributed by atoms with Gasteiger partial charge in [0.2, 0.25) is 0 Å². The van der Waals surface area contributed by atoms with Crippen LogP contribution < -0.4 is 0 Å². The lowest BCUT2D eigenvalue weighted by Gasteiger charge is -2.34. The molecule has 1 saturated heterocycles. The van der Waals surface area contributed by atoms with E-state index in [-0.39, 0.29) is 5.41 Å². The molecular formula is C21H29N3. The molecule has 1 aliphatic heterocycles. The van der Waals surface area contributed by atoms with E-state index in [1.165, 1.54) is 16.7 Å². The van der Waals surface area contributed by atoms with Gasteiger partial charge in [0.25, 0.3) is 0 Å². The van der Waals surface area contributed by atoms with Crippen LogP contribution in [-0.4, -0.2) is 41.0 Å². The summed E-state index contributed by atoms with van der Waals surface area (Å²) in [7, 11) is 0. The standard InChI is InChI=1S/C21H29N3/c1-21(2,3)20-8-6-18(7-9-20)16-23-11-13-24(14-12-23)17-19-5-4-10-22-15-19/h4-10,15H,11-14,16-17H2,1-3H3. The molecule has 1 fully saturated rings. The number of aromatic nitrogens is 1. The zero-order valence-corrected chi connectivity index (χ0v) is 15.2. The van der Waals surface area contributed by atoms with Gasteiger partial charge in [-0.2, -0.15) is 0 Å². The highest BCUT2D eigenvalue weighted by Gasteiger charge is 2.18. The van der Waals surface area contributed by atoms with Crippen molar-refractivity contribution < 1.29 is 0 Å². The van der Waals surface area contributed by atoms with E-state index < -0.39 is 0 Å². The van der Waals surface area contributed by atoms with Crippen molar-refractivity contribution in [3.05, 3.63) is 65.5 Å². The van der Waals surface area contributed by atoms with E-state index in [4.69, 9.17) is 0 Å². The maximum atomic E-state index is 4.21. The van der Waals surface area contributed by atoms with Crippen LogP contribution in [-0.2, 0) is 18.5 Å². The van der Waals surface area contributed by atoms with Crippen LogP contribution >= 0.6 is 0 Å². The molecule has 0 saturated carbocycles. The molecule has 0 unspecified atom stereocenters. The first-order valence-electron chi connectivity index (χ1n) is 8.94. The highest BCUT2D eigenvalue weighted by atomic mass is 15.3. The average molecular weight is 323 g/mol. The maximum absolute atomic E-state index is 4.21. The molecule has 3 nitrogen and oxygen atoms in total. The summed E-state index contributed by atoms with van der Waals surface area (Å²) in [4.78, 5) is 9.29. The third-order valence-corrected chi connectivity index (χ3v) is 4.82. The van der Waals surface area contributed by atoms with Gasteiger partial charge in [-0.15, -0.1) is 0 Å². The Labute approximate surface area is 146 Å². The summed E-state index contributed by atoms with van der Waals surface area (Å²) < 4.78 is 0. The first-order valence-corrected chi connectivity index (χ1v) is 8.94. The topological polar surface area (TPSA) is 19.4 Å². The first-order chi connectivity index (χ1) is 11.5. The summed E-state index contributed by atoms with van der Waals surface area (Å²) >= 11 is 0. The van der Waals surface area contributed by atoms with E-state index >= 15 is 0 Å². The van der Waals surface area contributed by atoms with E-state index in [2.05, 4.69) is 65.9 Å². The van der Waals surface area contributed by atoms with Crippen LogP contribution in [0.2, 0.25) is 0 Å². The number of hydrogen-bond acceptors (Lipinski definition) is 3. The molecule has 1 aliphatic rings. The molecule has 24 heavy (non-hydrogen) atoms. The third-order valence-electron chi connectivity index (χ3n) is 4.82. The van der Waals surface area contributed by atoms with E-state index in [1.807, 2.05) is 18.5 Å². The molecule has 3 rings (SSSR count). The van der Waals surface area contributed by atoms with E-state index in [9.17, 15) is 0 Å². The molecular weight excluding hydrogens is 294 g/mol. The SMILES string of the molecule is CC(C)(C)c1ccc(CN2CCN(Cc3cccnc3)CC2)cc1. The largest absolute Gasteiger partial charge is 0.297 e. The van der Waals surface area contributed by atoms with E-state index in [0.29, 0.717) is 0 Å². The van der Waals surface area contributed by atoms with Crippen molar-refractivity contribution in [2.24, 2.45) is 0 Å². The fourth-order valence-corrected chi connectivity index (χ4v) is 3.22. The Morgan fingerprint density at radius 3 is 1.92 bits per heavy atom. The van der Waals surface area contributed by atoms with Crippen molar-refractivity contribution in [1.29, 1.82) is 0 Å². The van der Waals surface area contributed by atoms with Crippen LogP contribution in [0.1, 0.15) is 37.5 Å². The summed E-state index contributed by atoms with van der Waals surface area (Å²) in [6.45, 7) is 13.4. The van der Waals surface area contributed by atoms with Gasteiger partial charge in [0.15, 0.2) is 0 Å². The quantitative estimate of drug-likeness (QED) is 0.855. The third kappa shape index (κ3) is 4.65. The van der Waals surface area contributed by atoms with Crippen LogP contribution in [0.25, 0.3) is 0 Å². The lowest BCUT2D eigenvalue weighted by Crippen LogP contribution is -2.45. The van der Waals surface area contributed by atoms with Crippen molar-refractivity contribution in [2.45, 2.75) is 39.3 Å². The average Bonchev–Trinajstić information content (AvgIpc) is 2.57. The van der Waals surface area contributed by atoms with Gasteiger partial charge in [-0.3, -0.25) is 14.8 Å². The van der Waals surface area contributed by atoms with Gasteiger partial charge in [0.1, 0.15) is 0 Å². The van der Waals surface area contributed by atoms with Gasteiger partial charge in [-0.25, -0.2) is 0 Å². The normalized spacial score (nSPS) is 17.1. The number of hydrogen-bond donors (Lipinski definition) is 0. The number of benzene rings is 1. The van der Waals surface area contributed by atoms with Crippen LogP contribution in [0, 0.1) is 0 Å². The molecule has 1 aromatic carbocycles. The summed E-state index contributed by atoms with van der Waals surface area (Å²) in [5, 5.41) is 0. The van der Waals surface area contributed by atoms with Crippen molar-refractivity contribution in [3.8, 4) is 0 Å². The first kappa shape index (κ1) is 17.1. The molecule has 0 aliphatic carbocycles. The van der Waals surface area contributed by atoms with E-state index in [0.717, 1.165) is 39.3 Å². The Morgan fingerprint density at radius 2 is 1.42 bits per heavy atom. The van der Waals surface area contributed by atoms with Gasteiger partial charge in [0.05, 0.1) is 0 Å². The van der Waals surface area contributed by atoms with Gasteiger partial charge in [0, 0.05) is 51.7 Å². The lowest BCUT2D eigenvalue weighted by molar-refractivity contribution is 0.122. The minimum atomic E-state index is 0.233. The molecule has 128 valence electrons. The molecule has 0 spiro atoms. The summed E-state index contributed by atoms with van der Waals surface area (Å²) in [6.07, 6.45) is 3.82. The number of pyridine rings is 1. The predicted octanol–water partition coefficient (Wildman–Crippen LogP) is 3.70. The number of rotatable bonds is 4. The number of piperazine rings is 1. The Kier molecular flexibility index (Phi) is 5.32. The molecule has 0 atom stereocenters. The smallest absolute Gasteiger partial charge is 0.0312 e. The van der Waals surface area contributed by atoms with Crippen molar-refractivity contribution >= 4 is 0 Å². The zero-order chi connectivity index (χ0) is 17.0. The second kappa shape index (κ2) is 7.45. The summed E-state index contributed by atoms with van der Waals surface area (Å²) in [6, 6.07) is 13.3. The Hall–Kier alpha value is -1.71. The second-order valence-electron chi connectivity index (χ2n) is 7.86. The van der Waals surface area contributed by atoms with E-state index in [1.54, 1.807) is 0 Å². The molecule has 1 aromatic heterocycles. The molecule has 0 amide bonds. The summed E-state index contributed by atoms with van der Waals surface area (Å²) in [5.41, 5.74) is 4.37. The van der Waals surface area contributed by atoms with Gasteiger partial charge in [-0.1, -0.05) is 51.1 Å². The van der Waals surface area contributed by atoms with Crippen LogP contribution in [0.5, 0.6) is 0 Å². The molecule has 0 radical (unpaired) electrons. The van der Waals surface area contributed by atoms with Gasteiger partial charge in [-0.05, 0) is 28.2 Å². The van der Waals surface area contributed by atoms with Gasteiger partial charge < -0.3 is 0 Å². The van der Waals surface area contributed by atoms with Crippen molar-refractivity contribution in [3.63, 3.8) is 0 Å². The molecule has 0 N–H and O–H groups in total. The van der Waals surface area contributed by atoms with Crippen LogP contribution in [0.15, 0.2) is 48.8 Å². The maximum Gasteiger partial charge on any atom is 0.0312 e. The van der Waals surface area contributed by atoms with Crippen molar-refractivity contribution in [1.82, 2.24) is 14.8 Å². The number of nitrogens with zero attached hydrogens (tertiary/aromatic N) is 3. The highest BCUT2D eigenvalue weighted by molar-refractivity contribution is 5.27. The highest BCUT2D eigenvalue weighted by Crippen LogP contribution is 2.22. The second-order valence-corrected chi connectivity index (χ2v) is 7.86. The lowest BCUT2D eigenvalue weighted by atomic mass is 9.87. The minimum Gasteiger partial charge on any atom is -0.297 e. The fourth-order valence-electron chi connectivity index (χ4n) is 3.22. The van der Waals surface area contributed by atoms with Crippen molar-refractivity contribution in [2.75, 3.05) is 26.2 Å². The Balaban J connectivity index is 1.48. The van der Waals surface area contributed by atoms with Crippen LogP contribution in [0.3, 0.4) is 0 Å². The zero-order valence-electron chi connectivity index (χ0n) is 15.2. The Bertz CT molecular complexity index is 620. The Morgan fingerprint density at radius 1 is 0.833 bits per heavy atom. The molecule has 2 heterocycles. The van der Waals surface area contributed by atoms with Gasteiger partial charge >= 0.3 is 0 Å². The monoisotopic (exact) mass is 323 g/mol.